The van der Waals surface area contributed by atoms with Gasteiger partial charge in [0.1, 0.15) is 5.56 Å². The van der Waals surface area contributed by atoms with Crippen LogP contribution >= 0.6 is 0 Å². The highest BCUT2D eigenvalue weighted by molar-refractivity contribution is 5.97. The number of fused-ring (bicyclic) bond motifs is 1. The number of hydrogen-bond donors (Lipinski definition) is 1. The molecule has 0 saturated heterocycles. The Morgan fingerprint density at radius 2 is 1.73 bits per heavy atom. The van der Waals surface area contributed by atoms with Gasteiger partial charge < -0.3 is 9.88 Å². The van der Waals surface area contributed by atoms with Crippen molar-refractivity contribution in [3.63, 3.8) is 0 Å². The Bertz CT molecular complexity index is 882. The highest BCUT2D eigenvalue weighted by atomic mass is 16.2. The summed E-state index contributed by atoms with van der Waals surface area (Å²) in [6.07, 6.45) is 1.59. The van der Waals surface area contributed by atoms with Crippen molar-refractivity contribution >= 4 is 16.8 Å². The second-order valence-electron chi connectivity index (χ2n) is 5.17. The minimum atomic E-state index is -0.352. The number of amides is 1. The quantitative estimate of drug-likeness (QED) is 0.806. The van der Waals surface area contributed by atoms with Crippen LogP contribution in [-0.4, -0.2) is 10.5 Å². The number of benzene rings is 2. The summed E-state index contributed by atoms with van der Waals surface area (Å²) in [7, 11) is 1.83. The summed E-state index contributed by atoms with van der Waals surface area (Å²) in [5, 5.41) is 3.35. The molecule has 2 aromatic carbocycles. The first-order valence-corrected chi connectivity index (χ1v) is 7.07. The topological polar surface area (TPSA) is 51.1 Å². The molecule has 4 nitrogen and oxygen atoms in total. The van der Waals surface area contributed by atoms with Crippen LogP contribution in [0.3, 0.4) is 0 Å². The van der Waals surface area contributed by atoms with Crippen LogP contribution in [0.25, 0.3) is 10.9 Å². The number of aromatic nitrogens is 1. The van der Waals surface area contributed by atoms with Crippen molar-refractivity contribution in [1.29, 1.82) is 0 Å². The molecular formula is C18H16N2O2. The van der Waals surface area contributed by atoms with Crippen molar-refractivity contribution in [2.24, 2.45) is 7.05 Å². The van der Waals surface area contributed by atoms with E-state index >= 15 is 0 Å². The average Bonchev–Trinajstić information content (AvgIpc) is 2.57. The van der Waals surface area contributed by atoms with Crippen LogP contribution in [0.1, 0.15) is 15.9 Å². The Balaban J connectivity index is 1.91. The lowest BCUT2D eigenvalue weighted by Crippen LogP contribution is -2.29. The van der Waals surface area contributed by atoms with Gasteiger partial charge >= 0.3 is 0 Å². The Kier molecular flexibility index (Phi) is 3.74. The Morgan fingerprint density at radius 1 is 1.05 bits per heavy atom. The first-order chi connectivity index (χ1) is 10.7. The number of rotatable bonds is 3. The number of carbonyl (C=O) groups excluding carboxylic acids is 1. The van der Waals surface area contributed by atoms with E-state index in [1.807, 2.05) is 49.5 Å². The number of nitrogens with one attached hydrogen (secondary N) is 1. The molecule has 0 bridgehead atoms. The van der Waals surface area contributed by atoms with Gasteiger partial charge in [-0.15, -0.1) is 0 Å². The highest BCUT2D eigenvalue weighted by Crippen LogP contribution is 2.10. The van der Waals surface area contributed by atoms with Gasteiger partial charge in [0.05, 0.1) is 5.52 Å². The molecule has 0 aliphatic heterocycles. The van der Waals surface area contributed by atoms with E-state index in [0.29, 0.717) is 11.9 Å². The summed E-state index contributed by atoms with van der Waals surface area (Å²) >= 11 is 0. The fourth-order valence-corrected chi connectivity index (χ4v) is 2.48. The number of hydrogen-bond acceptors (Lipinski definition) is 2. The van der Waals surface area contributed by atoms with Gasteiger partial charge in [-0.25, -0.2) is 0 Å². The van der Waals surface area contributed by atoms with E-state index in [9.17, 15) is 9.59 Å². The molecule has 0 unspecified atom stereocenters. The monoisotopic (exact) mass is 292 g/mol. The molecule has 0 aliphatic rings. The van der Waals surface area contributed by atoms with E-state index in [2.05, 4.69) is 5.32 Å². The second-order valence-corrected chi connectivity index (χ2v) is 5.17. The van der Waals surface area contributed by atoms with Crippen LogP contribution < -0.4 is 10.7 Å². The fourth-order valence-electron chi connectivity index (χ4n) is 2.48. The van der Waals surface area contributed by atoms with Crippen molar-refractivity contribution in [2.45, 2.75) is 6.54 Å². The number of pyridine rings is 1. The normalized spacial score (nSPS) is 10.6. The number of aryl methyl sites for hydroxylation is 1. The van der Waals surface area contributed by atoms with Gasteiger partial charge in [-0.1, -0.05) is 42.5 Å². The molecule has 110 valence electrons. The maximum absolute atomic E-state index is 12.5. The molecule has 0 atom stereocenters. The Morgan fingerprint density at radius 3 is 2.50 bits per heavy atom. The summed E-state index contributed by atoms with van der Waals surface area (Å²) in [6.45, 7) is 0.398. The number of nitrogens with zero attached hydrogens (tertiary/aromatic N) is 1. The van der Waals surface area contributed by atoms with Crippen molar-refractivity contribution < 1.29 is 4.79 Å². The van der Waals surface area contributed by atoms with Crippen LogP contribution in [0, 0.1) is 0 Å². The van der Waals surface area contributed by atoms with Gasteiger partial charge in [0.25, 0.3) is 5.91 Å². The summed E-state index contributed by atoms with van der Waals surface area (Å²) in [6, 6.07) is 16.9. The van der Waals surface area contributed by atoms with Crippen LogP contribution in [0.5, 0.6) is 0 Å². The van der Waals surface area contributed by atoms with Gasteiger partial charge in [0, 0.05) is 25.2 Å². The summed E-state index contributed by atoms with van der Waals surface area (Å²) in [5.41, 5.74) is 1.73. The predicted molar refractivity (Wildman–Crippen MR) is 86.8 cm³/mol. The summed E-state index contributed by atoms with van der Waals surface area (Å²) in [4.78, 5) is 24.8. The molecule has 3 aromatic rings. The molecule has 0 fully saturated rings. The molecule has 1 heterocycles. The maximum Gasteiger partial charge on any atom is 0.257 e. The van der Waals surface area contributed by atoms with Crippen LogP contribution in [0.2, 0.25) is 0 Å². The number of carbonyl (C=O) groups is 1. The van der Waals surface area contributed by atoms with Gasteiger partial charge in [-0.05, 0) is 17.7 Å². The van der Waals surface area contributed by atoms with Crippen molar-refractivity contribution in [1.82, 2.24) is 9.88 Å². The molecule has 0 aliphatic carbocycles. The van der Waals surface area contributed by atoms with Gasteiger partial charge in [-0.2, -0.15) is 0 Å². The largest absolute Gasteiger partial charge is 0.350 e. The lowest BCUT2D eigenvalue weighted by Gasteiger charge is -2.09. The molecule has 3 rings (SSSR count). The van der Waals surface area contributed by atoms with Gasteiger partial charge in [0.2, 0.25) is 5.43 Å². The Hall–Kier alpha value is -2.88. The third kappa shape index (κ3) is 2.63. The lowest BCUT2D eigenvalue weighted by molar-refractivity contribution is 0.0949. The van der Waals surface area contributed by atoms with E-state index in [4.69, 9.17) is 0 Å². The van der Waals surface area contributed by atoms with E-state index < -0.39 is 0 Å². The summed E-state index contributed by atoms with van der Waals surface area (Å²) in [5.74, 6) is -0.352. The zero-order valence-electron chi connectivity index (χ0n) is 12.2. The van der Waals surface area contributed by atoms with Crippen molar-refractivity contribution in [3.8, 4) is 0 Å². The van der Waals surface area contributed by atoms with Crippen LogP contribution in [-0.2, 0) is 13.6 Å². The molecule has 1 aromatic heterocycles. The first kappa shape index (κ1) is 14.1. The van der Waals surface area contributed by atoms with Crippen molar-refractivity contribution in [2.75, 3.05) is 0 Å². The van der Waals surface area contributed by atoms with Crippen molar-refractivity contribution in [3.05, 3.63) is 82.1 Å². The standard InChI is InChI=1S/C18H16N2O2/c1-20-12-15(17(21)14-9-5-6-10-16(14)20)18(22)19-11-13-7-3-2-4-8-13/h2-10,12H,11H2,1H3,(H,19,22). The van der Waals surface area contributed by atoms with Gasteiger partial charge in [0.15, 0.2) is 0 Å². The third-order valence-electron chi connectivity index (χ3n) is 3.64. The molecule has 0 saturated carbocycles. The lowest BCUT2D eigenvalue weighted by atomic mass is 10.1. The van der Waals surface area contributed by atoms with E-state index in [0.717, 1.165) is 11.1 Å². The molecule has 22 heavy (non-hydrogen) atoms. The molecule has 1 N–H and O–H groups in total. The molecule has 4 heteroatoms. The Labute approximate surface area is 128 Å². The van der Waals surface area contributed by atoms with E-state index in [-0.39, 0.29) is 16.9 Å². The predicted octanol–water partition coefficient (Wildman–Crippen LogP) is 2.47. The third-order valence-corrected chi connectivity index (χ3v) is 3.64. The second kappa shape index (κ2) is 5.85. The zero-order valence-corrected chi connectivity index (χ0v) is 12.2. The molecule has 0 spiro atoms. The van der Waals surface area contributed by atoms with Crippen LogP contribution in [0.15, 0.2) is 65.6 Å². The first-order valence-electron chi connectivity index (χ1n) is 7.07. The SMILES string of the molecule is Cn1cc(C(=O)NCc2ccccc2)c(=O)c2ccccc21. The van der Waals surface area contributed by atoms with E-state index in [1.54, 1.807) is 22.9 Å². The molecular weight excluding hydrogens is 276 g/mol. The minimum Gasteiger partial charge on any atom is -0.350 e. The maximum atomic E-state index is 12.5. The number of para-hydroxylation sites is 1. The summed E-state index contributed by atoms with van der Waals surface area (Å²) < 4.78 is 1.80. The highest BCUT2D eigenvalue weighted by Gasteiger charge is 2.13. The van der Waals surface area contributed by atoms with E-state index in [1.165, 1.54) is 0 Å². The smallest absolute Gasteiger partial charge is 0.257 e. The zero-order chi connectivity index (χ0) is 15.5. The average molecular weight is 292 g/mol. The molecule has 1 amide bonds. The minimum absolute atomic E-state index is 0.164. The van der Waals surface area contributed by atoms with Crippen LogP contribution in [0.4, 0.5) is 0 Å². The fraction of sp³-hybridized carbons (Fsp3) is 0.111. The molecule has 0 radical (unpaired) electrons. The van der Waals surface area contributed by atoms with Gasteiger partial charge in [-0.3, -0.25) is 9.59 Å².